The summed E-state index contributed by atoms with van der Waals surface area (Å²) in [5.74, 6) is -9.11. The second kappa shape index (κ2) is 10.9. The van der Waals surface area contributed by atoms with E-state index in [9.17, 15) is 39.5 Å². The number of halogens is 10. The van der Waals surface area contributed by atoms with Gasteiger partial charge < -0.3 is 14.2 Å². The van der Waals surface area contributed by atoms with E-state index in [0.29, 0.717) is 12.5 Å². The van der Waals surface area contributed by atoms with Gasteiger partial charge in [0.15, 0.2) is 0 Å². The van der Waals surface area contributed by atoms with Gasteiger partial charge in [0.1, 0.15) is 40.3 Å². The van der Waals surface area contributed by atoms with E-state index < -0.39 is 69.8 Å². The predicted molar refractivity (Wildman–Crippen MR) is 130 cm³/mol. The zero-order valence-corrected chi connectivity index (χ0v) is 21.9. The summed E-state index contributed by atoms with van der Waals surface area (Å²) in [7, 11) is 0. The van der Waals surface area contributed by atoms with E-state index in [1.165, 1.54) is 12.1 Å². The lowest BCUT2D eigenvalue weighted by Crippen LogP contribution is -2.35. The van der Waals surface area contributed by atoms with Crippen molar-refractivity contribution in [1.82, 2.24) is 0 Å². The van der Waals surface area contributed by atoms with E-state index in [-0.39, 0.29) is 42.0 Å². The highest BCUT2D eigenvalue weighted by Gasteiger charge is 2.59. The maximum atomic E-state index is 15.1. The first-order valence-electron chi connectivity index (χ1n) is 12.7. The second-order valence-electron chi connectivity index (χ2n) is 9.97. The van der Waals surface area contributed by atoms with E-state index in [2.05, 4.69) is 4.74 Å². The van der Waals surface area contributed by atoms with Gasteiger partial charge in [-0.2, -0.15) is 8.78 Å². The Morgan fingerprint density at radius 1 is 0.791 bits per heavy atom. The van der Waals surface area contributed by atoms with E-state index >= 15 is 4.39 Å². The molecule has 2 bridgehead atoms. The van der Waals surface area contributed by atoms with Crippen LogP contribution < -0.4 is 0 Å². The van der Waals surface area contributed by atoms with Crippen LogP contribution in [0.15, 0.2) is 42.5 Å². The van der Waals surface area contributed by atoms with Gasteiger partial charge in [-0.3, -0.25) is 0 Å². The molecule has 4 nitrogen and oxygen atoms in total. The van der Waals surface area contributed by atoms with Crippen LogP contribution >= 0.6 is 0 Å². The van der Waals surface area contributed by atoms with Gasteiger partial charge in [0, 0.05) is 16.7 Å². The Labute approximate surface area is 237 Å². The summed E-state index contributed by atoms with van der Waals surface area (Å²) >= 11 is 0. The molecule has 0 aliphatic carbocycles. The van der Waals surface area contributed by atoms with Gasteiger partial charge in [0.05, 0.1) is 13.2 Å². The van der Waals surface area contributed by atoms with Crippen LogP contribution in [0.5, 0.6) is 0 Å². The first-order valence-corrected chi connectivity index (χ1v) is 12.7. The zero-order chi connectivity index (χ0) is 31.4. The van der Waals surface area contributed by atoms with Gasteiger partial charge in [-0.05, 0) is 54.0 Å². The van der Waals surface area contributed by atoms with Crippen LogP contribution in [0.3, 0.4) is 0 Å². The number of hydrogen-bond acceptors (Lipinski definition) is 4. The van der Waals surface area contributed by atoms with E-state index in [4.69, 9.17) is 14.2 Å². The molecule has 0 aromatic heterocycles. The minimum atomic E-state index is -5.91. The van der Waals surface area contributed by atoms with Crippen molar-refractivity contribution >= 4 is 12.2 Å². The molecule has 0 saturated carbocycles. The lowest BCUT2D eigenvalue weighted by molar-refractivity contribution is -0.432. The average molecular weight is 622 g/mol. The summed E-state index contributed by atoms with van der Waals surface area (Å²) in [6.45, 7) is 2.46. The molecule has 2 aliphatic heterocycles. The summed E-state index contributed by atoms with van der Waals surface area (Å²) in [6.07, 6.45) is -8.39. The third-order valence-electron chi connectivity index (χ3n) is 6.86. The molecule has 0 spiro atoms. The number of ether oxygens (including phenoxy) is 4. The third-order valence-corrected chi connectivity index (χ3v) is 6.86. The maximum Gasteiger partial charge on any atom is 0.527 e. The molecule has 3 aromatic carbocycles. The monoisotopic (exact) mass is 622 g/mol. The predicted octanol–water partition coefficient (Wildman–Crippen LogP) is 8.53. The Morgan fingerprint density at radius 2 is 1.40 bits per heavy atom. The maximum absolute atomic E-state index is 15.1. The Bertz CT molecular complexity index is 1530. The first-order chi connectivity index (χ1) is 20.1. The molecule has 5 rings (SSSR count). The van der Waals surface area contributed by atoms with Crippen LogP contribution in [0.1, 0.15) is 42.0 Å². The highest BCUT2D eigenvalue weighted by atomic mass is 19.4. The van der Waals surface area contributed by atoms with Crippen molar-refractivity contribution in [3.05, 3.63) is 93.8 Å². The molecule has 2 aliphatic rings. The Kier molecular flexibility index (Phi) is 7.86. The summed E-state index contributed by atoms with van der Waals surface area (Å²) in [5.41, 5.74) is -4.44. The van der Waals surface area contributed by atoms with Crippen molar-refractivity contribution in [3.63, 3.8) is 0 Å². The molecule has 230 valence electrons. The van der Waals surface area contributed by atoms with Crippen LogP contribution in [0.4, 0.5) is 43.9 Å². The minimum Gasteiger partial charge on any atom is -0.320 e. The van der Waals surface area contributed by atoms with E-state index in [1.807, 2.05) is 6.92 Å². The zero-order valence-electron chi connectivity index (χ0n) is 21.9. The fourth-order valence-corrected chi connectivity index (χ4v) is 5.00. The molecule has 2 saturated heterocycles. The van der Waals surface area contributed by atoms with Crippen LogP contribution in [-0.4, -0.2) is 25.2 Å². The topological polar surface area (TPSA) is 36.9 Å². The van der Waals surface area contributed by atoms with Gasteiger partial charge in [-0.1, -0.05) is 31.6 Å². The van der Waals surface area contributed by atoms with E-state index in [1.54, 1.807) is 0 Å². The molecule has 2 fully saturated rings. The lowest BCUT2D eigenvalue weighted by Gasteiger charge is -2.24. The third kappa shape index (κ3) is 6.01. The van der Waals surface area contributed by atoms with Crippen molar-refractivity contribution in [1.29, 1.82) is 0 Å². The van der Waals surface area contributed by atoms with Crippen molar-refractivity contribution in [2.45, 2.75) is 43.8 Å². The molecular formula is C29H20F10O4. The van der Waals surface area contributed by atoms with Gasteiger partial charge in [-0.25, -0.2) is 26.7 Å². The van der Waals surface area contributed by atoms with Crippen molar-refractivity contribution < 1.29 is 62.9 Å². The Balaban J connectivity index is 1.38. The summed E-state index contributed by atoms with van der Waals surface area (Å²) in [5, 5.41) is 0. The van der Waals surface area contributed by atoms with Crippen LogP contribution in [0.25, 0.3) is 23.3 Å². The first kappa shape index (κ1) is 31.0. The number of fused-ring (bicyclic) bond motifs is 2. The normalized spacial score (nSPS) is 22.2. The molecule has 0 atom stereocenters. The van der Waals surface area contributed by atoms with Gasteiger partial charge in [0.2, 0.25) is 0 Å². The molecule has 14 heteroatoms. The smallest absolute Gasteiger partial charge is 0.320 e. The van der Waals surface area contributed by atoms with Crippen molar-refractivity contribution in [3.8, 4) is 11.1 Å². The summed E-state index contributed by atoms with van der Waals surface area (Å²) < 4.78 is 157. The Morgan fingerprint density at radius 3 is 1.93 bits per heavy atom. The van der Waals surface area contributed by atoms with Gasteiger partial charge in [-0.15, -0.1) is 13.2 Å². The summed E-state index contributed by atoms with van der Waals surface area (Å²) in [4.78, 5) is 0. The molecule has 2 heterocycles. The van der Waals surface area contributed by atoms with Crippen LogP contribution in [-0.2, 0) is 31.0 Å². The number of alkyl halides is 5. The molecule has 3 aromatic rings. The Hall–Kier alpha value is -3.46. The average Bonchev–Trinajstić information content (AvgIpc) is 3.43. The highest BCUT2D eigenvalue weighted by Crippen LogP contribution is 2.49. The van der Waals surface area contributed by atoms with Gasteiger partial charge >= 0.3 is 18.4 Å². The quantitative estimate of drug-likeness (QED) is 0.187. The molecule has 43 heavy (non-hydrogen) atoms. The molecule has 0 N–H and O–H groups in total. The second-order valence-corrected chi connectivity index (χ2v) is 9.97. The fourth-order valence-electron chi connectivity index (χ4n) is 5.00. The standard InChI is InChI=1S/C29H20F10O4/c1-2-7-26-13-40-28(42-26,41-14-26)17-4-6-18(22(32)12-17)16-10-20(30)19(21(31)11-16)5-3-15-8-23(33)25(24(34)9-15)27(35,36)43-29(37,38)39/h3-6,8-12H,2,7,13-14H2,1H3. The molecule has 0 unspecified atom stereocenters. The number of benzene rings is 3. The summed E-state index contributed by atoms with van der Waals surface area (Å²) in [6, 6.07) is 5.76. The lowest BCUT2D eigenvalue weighted by atomic mass is 9.99. The van der Waals surface area contributed by atoms with Crippen molar-refractivity contribution in [2.75, 3.05) is 13.2 Å². The molecule has 0 radical (unpaired) electrons. The molecular weight excluding hydrogens is 602 g/mol. The van der Waals surface area contributed by atoms with E-state index in [0.717, 1.165) is 30.7 Å². The highest BCUT2D eigenvalue weighted by molar-refractivity contribution is 5.73. The minimum absolute atomic E-state index is 0.189. The van der Waals surface area contributed by atoms with Crippen LogP contribution in [0.2, 0.25) is 0 Å². The SMILES string of the molecule is CCCC12COC(c3ccc(-c4cc(F)c(C=Cc5cc(F)c(C(F)(F)OC(F)(F)F)c(F)c5)c(F)c4)c(F)c3)(OC1)O2. The fraction of sp³-hybridized carbons (Fsp3) is 0.310. The number of hydrogen-bond donors (Lipinski definition) is 0. The van der Waals surface area contributed by atoms with Crippen molar-refractivity contribution in [2.24, 2.45) is 0 Å². The van der Waals surface area contributed by atoms with Gasteiger partial charge in [0.25, 0.3) is 0 Å². The largest absolute Gasteiger partial charge is 0.527 e. The van der Waals surface area contributed by atoms with Crippen LogP contribution in [0, 0.1) is 29.1 Å². The number of rotatable bonds is 8. The molecule has 0 amide bonds.